The Morgan fingerprint density at radius 1 is 1.32 bits per heavy atom. The van der Waals surface area contributed by atoms with Crippen LogP contribution in [0.5, 0.6) is 0 Å². The number of nitrogens with zero attached hydrogens (tertiary/aromatic N) is 3. The zero-order valence-corrected chi connectivity index (χ0v) is 15.5. The van der Waals surface area contributed by atoms with Crippen LogP contribution in [-0.2, 0) is 6.42 Å². The zero-order chi connectivity index (χ0) is 16.9. The molecule has 0 spiro atoms. The Morgan fingerprint density at radius 2 is 2.00 bits per heavy atom. The topological polar surface area (TPSA) is 71.3 Å². The van der Waals surface area contributed by atoms with Crippen LogP contribution < -0.4 is 5.32 Å². The van der Waals surface area contributed by atoms with Crippen molar-refractivity contribution in [1.82, 2.24) is 20.4 Å². The molecule has 1 saturated heterocycles. The summed E-state index contributed by atoms with van der Waals surface area (Å²) in [4.78, 5) is 18.9. The molecule has 2 aromatic rings. The van der Waals surface area contributed by atoms with Crippen LogP contribution in [0, 0.1) is 0 Å². The zero-order valence-electron chi connectivity index (χ0n) is 14.6. The van der Waals surface area contributed by atoms with Crippen molar-refractivity contribution in [2.45, 2.75) is 38.1 Å². The molecular weight excluding hydrogens is 340 g/mol. The Hall–Kier alpha value is -1.92. The van der Waals surface area contributed by atoms with E-state index in [2.05, 4.69) is 22.4 Å². The summed E-state index contributed by atoms with van der Waals surface area (Å²) >= 11 is 0. The fourth-order valence-corrected chi connectivity index (χ4v) is 2.98. The Labute approximate surface area is 154 Å². The summed E-state index contributed by atoms with van der Waals surface area (Å²) in [5.74, 6) is 1.80. The normalized spacial score (nSPS) is 16.3. The summed E-state index contributed by atoms with van der Waals surface area (Å²) in [6, 6.07) is 9.76. The van der Waals surface area contributed by atoms with E-state index in [0.717, 1.165) is 43.7 Å². The van der Waals surface area contributed by atoms with E-state index in [4.69, 9.17) is 4.52 Å². The number of likely N-dealkylation sites (N-methyl/N-ethyl adjacent to an activating group) is 1. The number of amides is 1. The lowest BCUT2D eigenvalue weighted by Crippen LogP contribution is -2.38. The van der Waals surface area contributed by atoms with Crippen molar-refractivity contribution in [3.8, 4) is 0 Å². The van der Waals surface area contributed by atoms with Gasteiger partial charge in [0.05, 0.1) is 0 Å². The number of benzene rings is 1. The third-order valence-electron chi connectivity index (χ3n) is 4.62. The summed E-state index contributed by atoms with van der Waals surface area (Å²) in [7, 11) is 1.92. The van der Waals surface area contributed by atoms with Gasteiger partial charge in [-0.2, -0.15) is 4.98 Å². The minimum Gasteiger partial charge on any atom is -0.339 e. The highest BCUT2D eigenvalue weighted by Crippen LogP contribution is 2.27. The second-order valence-electron chi connectivity index (χ2n) is 6.38. The van der Waals surface area contributed by atoms with Gasteiger partial charge in [0.15, 0.2) is 5.82 Å². The summed E-state index contributed by atoms with van der Waals surface area (Å²) in [5.41, 5.74) is 0.747. The Kier molecular flexibility index (Phi) is 6.96. The van der Waals surface area contributed by atoms with Crippen molar-refractivity contribution in [2.24, 2.45) is 0 Å². The van der Waals surface area contributed by atoms with Gasteiger partial charge in [0.1, 0.15) is 0 Å². The lowest BCUT2D eigenvalue weighted by atomic mass is 9.96. The van der Waals surface area contributed by atoms with Gasteiger partial charge in [0.25, 0.3) is 5.91 Å². The van der Waals surface area contributed by atoms with Crippen LogP contribution in [0.25, 0.3) is 0 Å². The van der Waals surface area contributed by atoms with E-state index in [0.29, 0.717) is 11.9 Å². The van der Waals surface area contributed by atoms with Crippen LogP contribution in [0.15, 0.2) is 34.9 Å². The molecule has 0 bridgehead atoms. The molecule has 1 atom stereocenters. The van der Waals surface area contributed by atoms with Crippen molar-refractivity contribution in [3.05, 3.63) is 47.6 Å². The quantitative estimate of drug-likeness (QED) is 0.883. The number of halogens is 1. The van der Waals surface area contributed by atoms with Gasteiger partial charge < -0.3 is 14.7 Å². The molecule has 136 valence electrons. The van der Waals surface area contributed by atoms with Crippen molar-refractivity contribution >= 4 is 18.3 Å². The van der Waals surface area contributed by atoms with Crippen LogP contribution in [0.2, 0.25) is 0 Å². The molecule has 1 fully saturated rings. The maximum absolute atomic E-state index is 12.5. The molecule has 0 radical (unpaired) electrons. The van der Waals surface area contributed by atoms with E-state index < -0.39 is 0 Å². The molecule has 6 nitrogen and oxygen atoms in total. The van der Waals surface area contributed by atoms with Crippen molar-refractivity contribution in [1.29, 1.82) is 0 Å². The number of hydrogen-bond acceptors (Lipinski definition) is 5. The fourth-order valence-electron chi connectivity index (χ4n) is 2.98. The standard InChI is InChI=1S/C18H24N4O2.ClH/c1-13(19-2)12-16-20-17(24-21-16)14-8-10-22(11-9-14)18(23)15-6-4-3-5-7-15;/h3-7,13-14,19H,8-12H2,1-2H3;1H. The number of nitrogens with one attached hydrogen (secondary N) is 1. The number of carbonyl (C=O) groups is 1. The van der Waals surface area contributed by atoms with Crippen molar-refractivity contribution in [2.75, 3.05) is 20.1 Å². The molecule has 0 saturated carbocycles. The van der Waals surface area contributed by atoms with Gasteiger partial charge in [-0.25, -0.2) is 0 Å². The lowest BCUT2D eigenvalue weighted by molar-refractivity contribution is 0.0704. The number of hydrogen-bond donors (Lipinski definition) is 1. The third kappa shape index (κ3) is 4.80. The molecule has 7 heteroatoms. The molecule has 1 aliphatic heterocycles. The highest BCUT2D eigenvalue weighted by molar-refractivity contribution is 5.94. The average molecular weight is 365 g/mol. The monoisotopic (exact) mass is 364 g/mol. The molecule has 25 heavy (non-hydrogen) atoms. The molecule has 1 N–H and O–H groups in total. The predicted octanol–water partition coefficient (Wildman–Crippen LogP) is 2.66. The number of carbonyl (C=O) groups excluding carboxylic acids is 1. The van der Waals surface area contributed by atoms with Gasteiger partial charge in [-0.3, -0.25) is 4.79 Å². The van der Waals surface area contributed by atoms with Crippen LogP contribution in [0.3, 0.4) is 0 Å². The van der Waals surface area contributed by atoms with E-state index in [9.17, 15) is 4.79 Å². The van der Waals surface area contributed by atoms with Crippen molar-refractivity contribution in [3.63, 3.8) is 0 Å². The maximum atomic E-state index is 12.5. The van der Waals surface area contributed by atoms with Gasteiger partial charge in [-0.15, -0.1) is 12.4 Å². The Balaban J connectivity index is 0.00000225. The molecular formula is C18H25ClN4O2. The Bertz CT molecular complexity index is 669. The maximum Gasteiger partial charge on any atom is 0.253 e. The van der Waals surface area contributed by atoms with Crippen LogP contribution in [0.1, 0.15) is 47.8 Å². The first-order chi connectivity index (χ1) is 11.7. The van der Waals surface area contributed by atoms with Crippen LogP contribution >= 0.6 is 12.4 Å². The molecule has 1 aromatic carbocycles. The van der Waals surface area contributed by atoms with Gasteiger partial charge in [-0.1, -0.05) is 23.4 Å². The number of rotatable bonds is 5. The molecule has 1 aliphatic rings. The molecule has 1 unspecified atom stereocenters. The van der Waals surface area contributed by atoms with Gasteiger partial charge in [0, 0.05) is 37.0 Å². The predicted molar refractivity (Wildman–Crippen MR) is 98.1 cm³/mol. The number of likely N-dealkylation sites (tertiary alicyclic amines) is 1. The summed E-state index contributed by atoms with van der Waals surface area (Å²) in [5, 5.41) is 7.24. The van der Waals surface area contributed by atoms with Gasteiger partial charge >= 0.3 is 0 Å². The molecule has 1 aromatic heterocycles. The lowest BCUT2D eigenvalue weighted by Gasteiger charge is -2.30. The largest absolute Gasteiger partial charge is 0.339 e. The summed E-state index contributed by atoms with van der Waals surface area (Å²) in [6.45, 7) is 3.54. The second-order valence-corrected chi connectivity index (χ2v) is 6.38. The first kappa shape index (κ1) is 19.4. The van der Waals surface area contributed by atoms with Gasteiger partial charge in [-0.05, 0) is 38.9 Å². The first-order valence-electron chi connectivity index (χ1n) is 8.51. The minimum atomic E-state index is 0. The van der Waals surface area contributed by atoms with Crippen molar-refractivity contribution < 1.29 is 9.32 Å². The van der Waals surface area contributed by atoms with Gasteiger partial charge in [0.2, 0.25) is 5.89 Å². The summed E-state index contributed by atoms with van der Waals surface area (Å²) < 4.78 is 5.44. The third-order valence-corrected chi connectivity index (χ3v) is 4.62. The smallest absolute Gasteiger partial charge is 0.253 e. The average Bonchev–Trinajstić information content (AvgIpc) is 3.10. The minimum absolute atomic E-state index is 0. The molecule has 3 rings (SSSR count). The van der Waals surface area contributed by atoms with E-state index >= 15 is 0 Å². The van der Waals surface area contributed by atoms with E-state index in [1.807, 2.05) is 42.3 Å². The molecule has 1 amide bonds. The highest BCUT2D eigenvalue weighted by Gasteiger charge is 2.28. The van der Waals surface area contributed by atoms with Crippen LogP contribution in [-0.4, -0.2) is 47.1 Å². The number of aromatic nitrogens is 2. The molecule has 0 aliphatic carbocycles. The fraction of sp³-hybridized carbons (Fsp3) is 0.500. The number of piperidine rings is 1. The highest BCUT2D eigenvalue weighted by atomic mass is 35.5. The van der Waals surface area contributed by atoms with Crippen LogP contribution in [0.4, 0.5) is 0 Å². The summed E-state index contributed by atoms with van der Waals surface area (Å²) in [6.07, 6.45) is 2.48. The Morgan fingerprint density at radius 3 is 2.64 bits per heavy atom. The van der Waals surface area contributed by atoms with E-state index in [1.54, 1.807) is 0 Å². The molecule has 2 heterocycles. The van der Waals surface area contributed by atoms with E-state index in [-0.39, 0.29) is 24.2 Å². The van der Waals surface area contributed by atoms with E-state index in [1.165, 1.54) is 0 Å². The first-order valence-corrected chi connectivity index (χ1v) is 8.51. The second kappa shape index (κ2) is 8.97. The SMILES string of the molecule is CNC(C)Cc1noc(C2CCN(C(=O)c3ccccc3)CC2)n1.Cl.